The Kier molecular flexibility index (Phi) is 7.22. The second-order valence-corrected chi connectivity index (χ2v) is 6.41. The van der Waals surface area contributed by atoms with Crippen molar-refractivity contribution in [2.24, 2.45) is 0 Å². The van der Waals surface area contributed by atoms with Crippen molar-refractivity contribution in [3.63, 3.8) is 0 Å². The van der Waals surface area contributed by atoms with E-state index in [1.165, 1.54) is 0 Å². The summed E-state index contributed by atoms with van der Waals surface area (Å²) < 4.78 is 6.61. The molecule has 2 rings (SSSR count). The number of benzene rings is 2. The zero-order valence-electron chi connectivity index (χ0n) is 14.0. The number of likely N-dealkylation sites (N-methyl/N-ethyl adjacent to an activating group) is 1. The second-order valence-electron chi connectivity index (χ2n) is 5.50. The first kappa shape index (κ1) is 18.4. The number of ketones is 1. The molecule has 0 unspecified atom stereocenters. The zero-order chi connectivity index (χ0) is 17.4. The van der Waals surface area contributed by atoms with Crippen LogP contribution in [0.5, 0.6) is 5.75 Å². The van der Waals surface area contributed by atoms with E-state index in [0.717, 1.165) is 23.3 Å². The number of halogens is 1. The highest BCUT2D eigenvalue weighted by Crippen LogP contribution is 2.17. The van der Waals surface area contributed by atoms with Gasteiger partial charge in [-0.1, -0.05) is 35.0 Å². The Labute approximate surface area is 152 Å². The van der Waals surface area contributed by atoms with E-state index in [1.807, 2.05) is 42.5 Å². The van der Waals surface area contributed by atoms with Gasteiger partial charge in [0.15, 0.2) is 5.78 Å². The van der Waals surface area contributed by atoms with Crippen LogP contribution in [-0.4, -0.2) is 37.4 Å². The molecule has 0 spiro atoms. The fourth-order valence-electron chi connectivity index (χ4n) is 2.07. The van der Waals surface area contributed by atoms with Gasteiger partial charge < -0.3 is 9.64 Å². The van der Waals surface area contributed by atoms with Gasteiger partial charge in [0.2, 0.25) is 0 Å². The standard InChI is InChI=1S/C20H22BrNO2/c1-3-22(2)14-4-5-15-24-19-12-8-17(9-13-19)20(23)16-6-10-18(21)11-7-16/h4-13H,3,14-15H2,1-2H3/b5-4+. The average Bonchev–Trinajstić information content (AvgIpc) is 2.62. The molecule has 126 valence electrons. The number of nitrogens with zero attached hydrogens (tertiary/aromatic N) is 1. The first-order chi connectivity index (χ1) is 11.6. The van der Waals surface area contributed by atoms with Gasteiger partial charge in [0.25, 0.3) is 0 Å². The van der Waals surface area contributed by atoms with Crippen LogP contribution in [-0.2, 0) is 0 Å². The summed E-state index contributed by atoms with van der Waals surface area (Å²) >= 11 is 3.37. The minimum absolute atomic E-state index is 0.0107. The number of hydrogen-bond acceptors (Lipinski definition) is 3. The molecule has 0 saturated carbocycles. The lowest BCUT2D eigenvalue weighted by Crippen LogP contribution is -2.17. The van der Waals surface area contributed by atoms with Crippen molar-refractivity contribution >= 4 is 21.7 Å². The van der Waals surface area contributed by atoms with E-state index < -0.39 is 0 Å². The summed E-state index contributed by atoms with van der Waals surface area (Å²) in [5, 5.41) is 0. The van der Waals surface area contributed by atoms with Gasteiger partial charge in [0.1, 0.15) is 12.4 Å². The van der Waals surface area contributed by atoms with Crippen molar-refractivity contribution in [2.75, 3.05) is 26.7 Å². The average molecular weight is 388 g/mol. The van der Waals surface area contributed by atoms with Crippen molar-refractivity contribution in [1.29, 1.82) is 0 Å². The monoisotopic (exact) mass is 387 g/mol. The van der Waals surface area contributed by atoms with Crippen molar-refractivity contribution in [2.45, 2.75) is 6.92 Å². The van der Waals surface area contributed by atoms with Crippen LogP contribution in [0.3, 0.4) is 0 Å². The predicted molar refractivity (Wildman–Crippen MR) is 102 cm³/mol. The summed E-state index contributed by atoms with van der Waals surface area (Å²) in [5.41, 5.74) is 1.33. The molecule has 0 N–H and O–H groups in total. The van der Waals surface area contributed by atoms with E-state index >= 15 is 0 Å². The molecule has 0 atom stereocenters. The van der Waals surface area contributed by atoms with Crippen LogP contribution < -0.4 is 4.74 Å². The molecule has 0 aliphatic carbocycles. The van der Waals surface area contributed by atoms with Crippen molar-refractivity contribution < 1.29 is 9.53 Å². The van der Waals surface area contributed by atoms with Gasteiger partial charge in [-0.05, 0) is 62.1 Å². The summed E-state index contributed by atoms with van der Waals surface area (Å²) in [6, 6.07) is 14.6. The molecule has 0 radical (unpaired) electrons. The number of carbonyl (C=O) groups excluding carboxylic acids is 1. The van der Waals surface area contributed by atoms with Gasteiger partial charge in [-0.3, -0.25) is 4.79 Å². The van der Waals surface area contributed by atoms with E-state index in [4.69, 9.17) is 4.74 Å². The summed E-state index contributed by atoms with van der Waals surface area (Å²) in [7, 11) is 2.08. The highest BCUT2D eigenvalue weighted by molar-refractivity contribution is 9.10. The third kappa shape index (κ3) is 5.62. The highest BCUT2D eigenvalue weighted by atomic mass is 79.9. The van der Waals surface area contributed by atoms with Gasteiger partial charge in [-0.2, -0.15) is 0 Å². The largest absolute Gasteiger partial charge is 0.490 e. The SMILES string of the molecule is CCN(C)C/C=C/COc1ccc(C(=O)c2ccc(Br)cc2)cc1. The molecule has 3 nitrogen and oxygen atoms in total. The van der Waals surface area contributed by atoms with E-state index in [0.29, 0.717) is 17.7 Å². The molecule has 0 fully saturated rings. The first-order valence-corrected chi connectivity index (χ1v) is 8.76. The Morgan fingerprint density at radius 3 is 2.21 bits per heavy atom. The number of rotatable bonds is 8. The van der Waals surface area contributed by atoms with Crippen LogP contribution in [0.15, 0.2) is 65.2 Å². The summed E-state index contributed by atoms with van der Waals surface area (Å²) in [6.07, 6.45) is 4.10. The predicted octanol–water partition coefficient (Wildman–Crippen LogP) is 4.57. The molecule has 0 bridgehead atoms. The lowest BCUT2D eigenvalue weighted by atomic mass is 10.0. The van der Waals surface area contributed by atoms with Crippen LogP contribution >= 0.6 is 15.9 Å². The first-order valence-electron chi connectivity index (χ1n) is 7.97. The molecule has 24 heavy (non-hydrogen) atoms. The fourth-order valence-corrected chi connectivity index (χ4v) is 2.33. The smallest absolute Gasteiger partial charge is 0.193 e. The van der Waals surface area contributed by atoms with Crippen LogP contribution in [0.25, 0.3) is 0 Å². The van der Waals surface area contributed by atoms with Gasteiger partial charge in [-0.25, -0.2) is 0 Å². The molecule has 0 aromatic heterocycles. The Bertz CT molecular complexity index is 678. The highest BCUT2D eigenvalue weighted by Gasteiger charge is 2.08. The molecule has 2 aromatic carbocycles. The number of carbonyl (C=O) groups is 1. The lowest BCUT2D eigenvalue weighted by Gasteiger charge is -2.09. The van der Waals surface area contributed by atoms with Gasteiger partial charge in [0.05, 0.1) is 0 Å². The van der Waals surface area contributed by atoms with Gasteiger partial charge in [0, 0.05) is 22.1 Å². The summed E-state index contributed by atoms with van der Waals surface area (Å²) in [6.45, 7) is 4.60. The number of hydrogen-bond donors (Lipinski definition) is 0. The maximum absolute atomic E-state index is 12.4. The molecular formula is C20H22BrNO2. The Hall–Kier alpha value is -1.91. The molecule has 0 saturated heterocycles. The Morgan fingerprint density at radius 2 is 1.62 bits per heavy atom. The van der Waals surface area contributed by atoms with Crippen molar-refractivity contribution in [3.05, 3.63) is 76.3 Å². The quantitative estimate of drug-likeness (QED) is 0.490. The molecule has 2 aromatic rings. The molecule has 4 heteroatoms. The molecule has 0 aliphatic rings. The molecular weight excluding hydrogens is 366 g/mol. The third-order valence-electron chi connectivity index (χ3n) is 3.69. The van der Waals surface area contributed by atoms with E-state index in [2.05, 4.69) is 40.9 Å². The molecule has 0 amide bonds. The number of ether oxygens (including phenoxy) is 1. The minimum Gasteiger partial charge on any atom is -0.490 e. The second kappa shape index (κ2) is 9.40. The maximum atomic E-state index is 12.4. The van der Waals surface area contributed by atoms with Gasteiger partial charge >= 0.3 is 0 Å². The normalized spacial score (nSPS) is 11.2. The fraction of sp³-hybridized carbons (Fsp3) is 0.250. The lowest BCUT2D eigenvalue weighted by molar-refractivity contribution is 0.103. The maximum Gasteiger partial charge on any atom is 0.193 e. The van der Waals surface area contributed by atoms with Gasteiger partial charge in [-0.15, -0.1) is 0 Å². The summed E-state index contributed by atoms with van der Waals surface area (Å²) in [4.78, 5) is 14.6. The van der Waals surface area contributed by atoms with Crippen molar-refractivity contribution in [1.82, 2.24) is 4.90 Å². The van der Waals surface area contributed by atoms with Crippen LogP contribution in [0.1, 0.15) is 22.8 Å². The van der Waals surface area contributed by atoms with Crippen LogP contribution in [0.4, 0.5) is 0 Å². The van der Waals surface area contributed by atoms with E-state index in [-0.39, 0.29) is 5.78 Å². The summed E-state index contributed by atoms with van der Waals surface area (Å²) in [5.74, 6) is 0.771. The third-order valence-corrected chi connectivity index (χ3v) is 4.22. The minimum atomic E-state index is 0.0107. The molecule has 0 heterocycles. The van der Waals surface area contributed by atoms with Crippen LogP contribution in [0, 0.1) is 0 Å². The Morgan fingerprint density at radius 1 is 1.04 bits per heavy atom. The van der Waals surface area contributed by atoms with E-state index in [1.54, 1.807) is 12.1 Å². The van der Waals surface area contributed by atoms with Crippen LogP contribution in [0.2, 0.25) is 0 Å². The molecule has 0 aliphatic heterocycles. The van der Waals surface area contributed by atoms with E-state index in [9.17, 15) is 4.79 Å². The van der Waals surface area contributed by atoms with Crippen molar-refractivity contribution in [3.8, 4) is 5.75 Å². The Balaban J connectivity index is 1.88. The zero-order valence-corrected chi connectivity index (χ0v) is 15.6. The topological polar surface area (TPSA) is 29.5 Å².